The van der Waals surface area contributed by atoms with Crippen molar-refractivity contribution in [1.82, 2.24) is 4.90 Å². The molecule has 0 aliphatic carbocycles. The van der Waals surface area contributed by atoms with Crippen molar-refractivity contribution >= 4 is 34.1 Å². The average Bonchev–Trinajstić information content (AvgIpc) is 2.95. The van der Waals surface area contributed by atoms with Gasteiger partial charge in [0, 0.05) is 23.9 Å². The van der Waals surface area contributed by atoms with E-state index in [9.17, 15) is 19.5 Å². The highest BCUT2D eigenvalue weighted by molar-refractivity contribution is 7.16. The molecule has 1 saturated heterocycles. The zero-order valence-electron chi connectivity index (χ0n) is 15.9. The highest BCUT2D eigenvalue weighted by atomic mass is 32.1. The number of carbonyl (C=O) groups excluding carboxylic acids is 2. The molecule has 1 aliphatic rings. The molecule has 1 aromatic heterocycles. The zero-order chi connectivity index (χ0) is 19.4. The number of nitrogens with one attached hydrogen (secondary N) is 1. The number of carboxylic acids is 1. The first-order chi connectivity index (χ1) is 12.3. The summed E-state index contributed by atoms with van der Waals surface area (Å²) in [7, 11) is 0. The maximum Gasteiger partial charge on any atom is 0.339 e. The summed E-state index contributed by atoms with van der Waals surface area (Å²) in [4.78, 5) is 39.4. The van der Waals surface area contributed by atoms with E-state index in [1.807, 2.05) is 27.7 Å². The molecule has 7 heteroatoms. The number of anilines is 1. The van der Waals surface area contributed by atoms with Gasteiger partial charge in [-0.15, -0.1) is 11.3 Å². The number of likely N-dealkylation sites (tertiary alicyclic amines) is 1. The summed E-state index contributed by atoms with van der Waals surface area (Å²) in [6.45, 7) is 8.76. The predicted molar refractivity (Wildman–Crippen MR) is 103 cm³/mol. The fourth-order valence-electron chi connectivity index (χ4n) is 3.41. The van der Waals surface area contributed by atoms with E-state index >= 15 is 0 Å². The Morgan fingerprint density at radius 3 is 2.62 bits per heavy atom. The normalized spacial score (nSPS) is 18.5. The monoisotopic (exact) mass is 380 g/mol. The Balaban J connectivity index is 2.13. The standard InChI is InChI=1S/C19H28N2O4S/c1-5-11(3)18(23)21-9-7-8-13(10-21)16(22)20-17-15(19(24)25)14(6-2)12(4)26-17/h11,13H,5-10H2,1-4H3,(H,20,22)(H,24,25). The number of thiophene rings is 1. The molecule has 0 bridgehead atoms. The fourth-order valence-corrected chi connectivity index (χ4v) is 4.55. The van der Waals surface area contributed by atoms with Crippen molar-refractivity contribution in [2.24, 2.45) is 11.8 Å². The van der Waals surface area contributed by atoms with Gasteiger partial charge in [-0.25, -0.2) is 4.79 Å². The fraction of sp³-hybridized carbons (Fsp3) is 0.632. The number of aryl methyl sites for hydroxylation is 1. The van der Waals surface area contributed by atoms with E-state index in [1.54, 1.807) is 4.90 Å². The second-order valence-electron chi connectivity index (χ2n) is 6.92. The minimum atomic E-state index is -1.02. The van der Waals surface area contributed by atoms with Crippen molar-refractivity contribution in [1.29, 1.82) is 0 Å². The molecule has 2 rings (SSSR count). The van der Waals surface area contributed by atoms with E-state index in [1.165, 1.54) is 11.3 Å². The van der Waals surface area contributed by atoms with Crippen LogP contribution in [0.2, 0.25) is 0 Å². The van der Waals surface area contributed by atoms with Gasteiger partial charge in [-0.2, -0.15) is 0 Å². The molecule has 1 aromatic rings. The van der Waals surface area contributed by atoms with Gasteiger partial charge in [0.1, 0.15) is 5.00 Å². The number of amides is 2. The lowest BCUT2D eigenvalue weighted by molar-refractivity contribution is -0.138. The maximum atomic E-state index is 12.7. The highest BCUT2D eigenvalue weighted by Crippen LogP contribution is 2.34. The van der Waals surface area contributed by atoms with Gasteiger partial charge in [0.15, 0.2) is 0 Å². The Morgan fingerprint density at radius 2 is 2.04 bits per heavy atom. The molecule has 144 valence electrons. The predicted octanol–water partition coefficient (Wildman–Crippen LogP) is 3.54. The Bertz CT molecular complexity index is 698. The Hall–Kier alpha value is -1.89. The molecule has 2 N–H and O–H groups in total. The van der Waals surface area contributed by atoms with Gasteiger partial charge >= 0.3 is 5.97 Å². The lowest BCUT2D eigenvalue weighted by atomic mass is 9.95. The lowest BCUT2D eigenvalue weighted by Crippen LogP contribution is -2.45. The number of hydrogen-bond acceptors (Lipinski definition) is 4. The van der Waals surface area contributed by atoms with Crippen LogP contribution in [0.5, 0.6) is 0 Å². The molecule has 1 fully saturated rings. The average molecular weight is 381 g/mol. The summed E-state index contributed by atoms with van der Waals surface area (Å²) in [6, 6.07) is 0. The molecule has 2 heterocycles. The number of aromatic carboxylic acids is 1. The molecular formula is C19H28N2O4S. The summed E-state index contributed by atoms with van der Waals surface area (Å²) < 4.78 is 0. The van der Waals surface area contributed by atoms with Crippen LogP contribution in [0, 0.1) is 18.8 Å². The third-order valence-corrected chi connectivity index (χ3v) is 6.21. The Morgan fingerprint density at radius 1 is 1.35 bits per heavy atom. The van der Waals surface area contributed by atoms with Gasteiger partial charge in [-0.05, 0) is 38.2 Å². The van der Waals surface area contributed by atoms with Crippen molar-refractivity contribution in [3.05, 3.63) is 16.0 Å². The topological polar surface area (TPSA) is 86.7 Å². The molecule has 26 heavy (non-hydrogen) atoms. The third kappa shape index (κ3) is 4.26. The van der Waals surface area contributed by atoms with Gasteiger partial charge in [0.05, 0.1) is 11.5 Å². The van der Waals surface area contributed by atoms with Crippen LogP contribution in [0.1, 0.15) is 60.8 Å². The summed E-state index contributed by atoms with van der Waals surface area (Å²) in [5, 5.41) is 12.7. The number of nitrogens with zero attached hydrogens (tertiary/aromatic N) is 1. The number of carboxylic acid groups (broad SMARTS) is 1. The third-order valence-electron chi connectivity index (χ3n) is 5.15. The molecule has 1 aliphatic heterocycles. The Kier molecular flexibility index (Phi) is 6.81. The van der Waals surface area contributed by atoms with E-state index in [2.05, 4.69) is 5.32 Å². The van der Waals surface area contributed by atoms with Crippen LogP contribution in [0.4, 0.5) is 5.00 Å². The van der Waals surface area contributed by atoms with E-state index in [-0.39, 0.29) is 29.2 Å². The summed E-state index contributed by atoms with van der Waals surface area (Å²) in [5.41, 5.74) is 0.974. The minimum absolute atomic E-state index is 0.0394. The van der Waals surface area contributed by atoms with Crippen LogP contribution in [0.15, 0.2) is 0 Å². The number of hydrogen-bond donors (Lipinski definition) is 2. The molecule has 0 saturated carbocycles. The number of carbonyl (C=O) groups is 3. The van der Waals surface area contributed by atoms with E-state index < -0.39 is 5.97 Å². The van der Waals surface area contributed by atoms with Gasteiger partial charge < -0.3 is 15.3 Å². The minimum Gasteiger partial charge on any atom is -0.478 e. The van der Waals surface area contributed by atoms with Crippen molar-refractivity contribution in [3.63, 3.8) is 0 Å². The van der Waals surface area contributed by atoms with Crippen LogP contribution >= 0.6 is 11.3 Å². The van der Waals surface area contributed by atoms with Gasteiger partial charge in [0.25, 0.3) is 0 Å². The van der Waals surface area contributed by atoms with Crippen LogP contribution in [-0.4, -0.2) is 40.9 Å². The molecule has 0 aromatic carbocycles. The molecule has 0 spiro atoms. The number of piperidine rings is 1. The molecule has 0 radical (unpaired) electrons. The first-order valence-corrected chi connectivity index (χ1v) is 10.1. The Labute approximate surface area is 158 Å². The summed E-state index contributed by atoms with van der Waals surface area (Å²) >= 11 is 1.31. The number of rotatable bonds is 6. The first kappa shape index (κ1) is 20.4. The van der Waals surface area contributed by atoms with Gasteiger partial charge in [-0.3, -0.25) is 9.59 Å². The highest BCUT2D eigenvalue weighted by Gasteiger charge is 2.31. The summed E-state index contributed by atoms with van der Waals surface area (Å²) in [6.07, 6.45) is 2.89. The van der Waals surface area contributed by atoms with Gasteiger partial charge in [-0.1, -0.05) is 20.8 Å². The van der Waals surface area contributed by atoms with Crippen molar-refractivity contribution < 1.29 is 19.5 Å². The van der Waals surface area contributed by atoms with E-state index in [0.717, 1.165) is 23.3 Å². The van der Waals surface area contributed by atoms with Crippen molar-refractivity contribution in [2.75, 3.05) is 18.4 Å². The quantitative estimate of drug-likeness (QED) is 0.790. The van der Waals surface area contributed by atoms with Gasteiger partial charge in [0.2, 0.25) is 11.8 Å². The summed E-state index contributed by atoms with van der Waals surface area (Å²) in [5.74, 6) is -1.46. The van der Waals surface area contributed by atoms with Crippen LogP contribution in [0.3, 0.4) is 0 Å². The lowest BCUT2D eigenvalue weighted by Gasteiger charge is -2.33. The first-order valence-electron chi connectivity index (χ1n) is 9.25. The van der Waals surface area contributed by atoms with Crippen molar-refractivity contribution in [3.8, 4) is 0 Å². The van der Waals surface area contributed by atoms with E-state index in [0.29, 0.717) is 30.9 Å². The van der Waals surface area contributed by atoms with Crippen molar-refractivity contribution in [2.45, 2.75) is 53.4 Å². The largest absolute Gasteiger partial charge is 0.478 e. The van der Waals surface area contributed by atoms with E-state index in [4.69, 9.17) is 0 Å². The molecule has 2 amide bonds. The van der Waals surface area contributed by atoms with Crippen LogP contribution < -0.4 is 5.32 Å². The molecule has 2 atom stereocenters. The van der Waals surface area contributed by atoms with Crippen LogP contribution in [0.25, 0.3) is 0 Å². The maximum absolute atomic E-state index is 12.7. The smallest absolute Gasteiger partial charge is 0.339 e. The zero-order valence-corrected chi connectivity index (χ0v) is 16.7. The van der Waals surface area contributed by atoms with Crippen LogP contribution in [-0.2, 0) is 16.0 Å². The second-order valence-corrected chi connectivity index (χ2v) is 8.15. The molecule has 2 unspecified atom stereocenters. The second kappa shape index (κ2) is 8.66. The molecular weight excluding hydrogens is 352 g/mol. The molecule has 6 nitrogen and oxygen atoms in total. The SMILES string of the molecule is CCc1c(C)sc(NC(=O)C2CCCN(C(=O)C(C)CC)C2)c1C(=O)O.